The van der Waals surface area contributed by atoms with Crippen molar-refractivity contribution in [3.05, 3.63) is 11.5 Å². The maximum absolute atomic E-state index is 7.23. The van der Waals surface area contributed by atoms with Gasteiger partial charge in [0.05, 0.1) is 5.69 Å². The van der Waals surface area contributed by atoms with Crippen LogP contribution >= 0.6 is 0 Å². The van der Waals surface area contributed by atoms with Gasteiger partial charge in [0.1, 0.15) is 11.6 Å². The van der Waals surface area contributed by atoms with Gasteiger partial charge in [-0.2, -0.15) is 0 Å². The molecule has 1 aromatic heterocycles. The predicted octanol–water partition coefficient (Wildman–Crippen LogP) is 0.619. The van der Waals surface area contributed by atoms with Crippen LogP contribution in [-0.4, -0.2) is 9.55 Å². The van der Waals surface area contributed by atoms with Gasteiger partial charge in [-0.3, -0.25) is 0 Å². The van der Waals surface area contributed by atoms with Crippen molar-refractivity contribution in [1.29, 1.82) is 0 Å². The van der Waals surface area contributed by atoms with Gasteiger partial charge in [0.15, 0.2) is 0 Å². The zero-order valence-electron chi connectivity index (χ0n) is 13.5. The quantitative estimate of drug-likeness (QED) is 0.565. The lowest BCUT2D eigenvalue weighted by Crippen LogP contribution is -1.93. The summed E-state index contributed by atoms with van der Waals surface area (Å²) >= 11 is 0. The highest BCUT2D eigenvalue weighted by atomic mass is 15.1. The van der Waals surface area contributed by atoms with E-state index < -0.39 is 38.0 Å². The summed E-state index contributed by atoms with van der Waals surface area (Å²) in [6, 6.07) is 0. The third-order valence-electron chi connectivity index (χ3n) is 0.904. The highest BCUT2D eigenvalue weighted by molar-refractivity contribution is 5.35. The lowest BCUT2D eigenvalue weighted by atomic mass is 10.5. The van der Waals surface area contributed by atoms with Crippen LogP contribution in [0.4, 0.5) is 5.82 Å². The molecule has 0 bridgehead atoms. The summed E-state index contributed by atoms with van der Waals surface area (Å²) < 4.78 is 65.0. The molecule has 0 saturated heterocycles. The van der Waals surface area contributed by atoms with Crippen molar-refractivity contribution in [2.24, 2.45) is 6.98 Å². The SMILES string of the molecule is [2H]C([2H])([2H])c1nc(N)c(C([2H])([2H])[2H])n1C([2H])([2H])[2H]. The average Bonchev–Trinajstić information content (AvgIpc) is 2.39. The number of rotatable bonds is 0. The van der Waals surface area contributed by atoms with E-state index in [2.05, 4.69) is 4.98 Å². The maximum atomic E-state index is 7.23. The Balaban J connectivity index is 3.70. The van der Waals surface area contributed by atoms with Crippen molar-refractivity contribution in [2.45, 2.75) is 13.7 Å². The number of nitrogen functional groups attached to an aromatic ring is 1. The Hall–Kier alpha value is -0.990. The first kappa shape index (κ1) is 1.36. The standard InChI is InChI=1S/C6H11N3/c1-4-6(7)8-5(2)9(4)3/h7H2,1-3H3/i1D3,2D3,3D3. The second-order valence-corrected chi connectivity index (χ2v) is 1.50. The van der Waals surface area contributed by atoms with Gasteiger partial charge in [0.2, 0.25) is 0 Å². The maximum Gasteiger partial charge on any atom is 0.144 e. The Kier molecular flexibility index (Phi) is 0.265. The van der Waals surface area contributed by atoms with E-state index in [9.17, 15) is 0 Å². The van der Waals surface area contributed by atoms with Gasteiger partial charge in [-0.05, 0) is 13.7 Å². The van der Waals surface area contributed by atoms with Gasteiger partial charge >= 0.3 is 0 Å². The van der Waals surface area contributed by atoms with Crippen LogP contribution in [0.15, 0.2) is 0 Å². The first-order valence-electron chi connectivity index (χ1n) is 6.66. The van der Waals surface area contributed by atoms with Crippen LogP contribution in [0.2, 0.25) is 0 Å². The van der Waals surface area contributed by atoms with E-state index in [0.29, 0.717) is 0 Å². The fraction of sp³-hybridized carbons (Fsp3) is 0.500. The van der Waals surface area contributed by atoms with Crippen LogP contribution in [0.3, 0.4) is 0 Å². The number of imidazole rings is 1. The van der Waals surface area contributed by atoms with Crippen LogP contribution in [-0.2, 0) is 6.98 Å². The molecule has 0 atom stereocenters. The molecular formula is C6H11N3. The Morgan fingerprint density at radius 2 is 2.56 bits per heavy atom. The number of hydrogen-bond donors (Lipinski definition) is 1. The number of hydrogen-bond acceptors (Lipinski definition) is 2. The molecule has 1 heterocycles. The molecular weight excluding hydrogens is 114 g/mol. The van der Waals surface area contributed by atoms with Crippen molar-refractivity contribution < 1.29 is 12.3 Å². The summed E-state index contributed by atoms with van der Waals surface area (Å²) in [5.74, 6) is -1.47. The topological polar surface area (TPSA) is 43.8 Å². The minimum Gasteiger partial charge on any atom is -0.382 e. The number of aromatic nitrogens is 2. The van der Waals surface area contributed by atoms with Crippen molar-refractivity contribution in [3.8, 4) is 0 Å². The molecule has 9 heavy (non-hydrogen) atoms. The zero-order chi connectivity index (χ0) is 14.5. The normalized spacial score (nSPS) is 29.1. The molecule has 3 nitrogen and oxygen atoms in total. The molecule has 0 aromatic carbocycles. The zero-order valence-corrected chi connectivity index (χ0v) is 4.47. The summed E-state index contributed by atoms with van der Waals surface area (Å²) in [7, 11) is 0. The third-order valence-corrected chi connectivity index (χ3v) is 0.904. The van der Waals surface area contributed by atoms with Gasteiger partial charge in [-0.1, -0.05) is 0 Å². The van der Waals surface area contributed by atoms with Crippen LogP contribution in [0.5, 0.6) is 0 Å². The molecule has 0 amide bonds. The molecule has 0 radical (unpaired) electrons. The Bertz CT molecular complexity index is 449. The molecule has 0 aliphatic rings. The predicted molar refractivity (Wildman–Crippen MR) is 37.1 cm³/mol. The van der Waals surface area contributed by atoms with Crippen molar-refractivity contribution in [1.82, 2.24) is 9.55 Å². The first-order valence-corrected chi connectivity index (χ1v) is 2.16. The largest absolute Gasteiger partial charge is 0.382 e. The van der Waals surface area contributed by atoms with E-state index in [1.54, 1.807) is 0 Å². The number of aryl methyl sites for hydroxylation is 1. The van der Waals surface area contributed by atoms with E-state index in [1.807, 2.05) is 0 Å². The Morgan fingerprint density at radius 3 is 3.11 bits per heavy atom. The van der Waals surface area contributed by atoms with Crippen LogP contribution in [0.25, 0.3) is 0 Å². The second-order valence-electron chi connectivity index (χ2n) is 1.50. The molecule has 0 unspecified atom stereocenters. The molecule has 0 saturated carbocycles. The van der Waals surface area contributed by atoms with Crippen LogP contribution in [0.1, 0.15) is 23.9 Å². The summed E-state index contributed by atoms with van der Waals surface area (Å²) in [5.41, 5.74) is 4.55. The lowest BCUT2D eigenvalue weighted by molar-refractivity contribution is 0.827. The highest BCUT2D eigenvalue weighted by Gasteiger charge is 2.01. The molecule has 1 rings (SSSR count). The average molecular weight is 134 g/mol. The minimum atomic E-state index is -2.99. The van der Waals surface area contributed by atoms with Gasteiger partial charge in [0.25, 0.3) is 0 Å². The second kappa shape index (κ2) is 1.76. The fourth-order valence-electron chi connectivity index (χ4n) is 0.437. The molecule has 0 aliphatic heterocycles. The minimum absolute atomic E-state index is 0.197. The van der Waals surface area contributed by atoms with Gasteiger partial charge in [0, 0.05) is 19.3 Å². The summed E-state index contributed by atoms with van der Waals surface area (Å²) in [6.45, 7) is -8.72. The van der Waals surface area contributed by atoms with Gasteiger partial charge in [-0.15, -0.1) is 0 Å². The summed E-state index contributed by atoms with van der Waals surface area (Å²) in [4.78, 5) is 3.37. The smallest absolute Gasteiger partial charge is 0.144 e. The molecule has 0 aliphatic carbocycles. The monoisotopic (exact) mass is 134 g/mol. The molecule has 0 fully saturated rings. The van der Waals surface area contributed by atoms with Crippen molar-refractivity contribution in [2.75, 3.05) is 5.73 Å². The Labute approximate surface area is 67.1 Å². The molecule has 0 spiro atoms. The van der Waals surface area contributed by atoms with Crippen LogP contribution < -0.4 is 5.73 Å². The first-order chi connectivity index (χ1) is 7.76. The Morgan fingerprint density at radius 1 is 1.67 bits per heavy atom. The number of nitrogens with zero attached hydrogens (tertiary/aromatic N) is 2. The van der Waals surface area contributed by atoms with E-state index >= 15 is 0 Å². The molecule has 3 heteroatoms. The molecule has 1 aromatic rings. The summed E-state index contributed by atoms with van der Waals surface area (Å²) in [5, 5.41) is 0. The number of nitrogens with two attached hydrogens (primary N) is 1. The number of anilines is 1. The van der Waals surface area contributed by atoms with Crippen molar-refractivity contribution >= 4 is 5.82 Å². The third kappa shape index (κ3) is 0.781. The highest BCUT2D eigenvalue weighted by Crippen LogP contribution is 2.08. The lowest BCUT2D eigenvalue weighted by Gasteiger charge is -1.94. The van der Waals surface area contributed by atoms with Crippen LogP contribution in [0, 0.1) is 13.7 Å². The van der Waals surface area contributed by atoms with Crippen molar-refractivity contribution in [3.63, 3.8) is 0 Å². The van der Waals surface area contributed by atoms with Gasteiger partial charge in [-0.25, -0.2) is 4.98 Å². The molecule has 50 valence electrons. The fourth-order valence-corrected chi connectivity index (χ4v) is 0.437. The van der Waals surface area contributed by atoms with E-state index in [1.165, 1.54) is 0 Å². The molecule has 2 N–H and O–H groups in total. The van der Waals surface area contributed by atoms with E-state index in [0.717, 1.165) is 0 Å². The van der Waals surface area contributed by atoms with E-state index in [4.69, 9.17) is 18.1 Å². The van der Waals surface area contributed by atoms with Gasteiger partial charge < -0.3 is 10.3 Å². The van der Waals surface area contributed by atoms with E-state index in [-0.39, 0.29) is 4.57 Å². The summed E-state index contributed by atoms with van der Waals surface area (Å²) in [6.07, 6.45) is 0.